The van der Waals surface area contributed by atoms with Gasteiger partial charge in [-0.2, -0.15) is 5.10 Å². The highest BCUT2D eigenvalue weighted by molar-refractivity contribution is 5.79. The summed E-state index contributed by atoms with van der Waals surface area (Å²) in [6.45, 7) is 12.3. The molecule has 0 N–H and O–H groups in total. The molecule has 0 spiro atoms. The first kappa shape index (κ1) is 16.2. The highest BCUT2D eigenvalue weighted by Gasteiger charge is 2.37. The summed E-state index contributed by atoms with van der Waals surface area (Å²) in [5.41, 5.74) is 3.52. The fourth-order valence-corrected chi connectivity index (χ4v) is 3.60. The van der Waals surface area contributed by atoms with E-state index in [2.05, 4.69) is 30.4 Å². The standard InChI is InChI=1S/C17H26N4O2/c1-5-6-21-13(3)16(12(2)18-21)9-20-7-14-10-23-11-15(8-20)19(4)17(14)22/h5,14-15H,1,6-11H2,2-4H3/t14-,15+/m1/s1. The Hall–Kier alpha value is -1.66. The smallest absolute Gasteiger partial charge is 0.229 e. The number of carbonyl (C=O) groups is 1. The first-order valence-electron chi connectivity index (χ1n) is 8.21. The van der Waals surface area contributed by atoms with Gasteiger partial charge in [0.2, 0.25) is 5.91 Å². The number of nitrogens with zero attached hydrogens (tertiary/aromatic N) is 4. The molecule has 3 heterocycles. The highest BCUT2D eigenvalue weighted by Crippen LogP contribution is 2.23. The summed E-state index contributed by atoms with van der Waals surface area (Å²) in [5, 5.41) is 4.61. The number of rotatable bonds is 4. The Bertz CT molecular complexity index is 610. The minimum atomic E-state index is -0.0590. The lowest BCUT2D eigenvalue weighted by molar-refractivity contribution is -0.133. The van der Waals surface area contributed by atoms with Crippen LogP contribution < -0.4 is 0 Å². The van der Waals surface area contributed by atoms with Crippen molar-refractivity contribution >= 4 is 5.91 Å². The molecule has 2 aliphatic heterocycles. The number of hydrogen-bond donors (Lipinski definition) is 0. The average Bonchev–Trinajstić information content (AvgIpc) is 2.62. The fourth-order valence-electron chi connectivity index (χ4n) is 3.60. The van der Waals surface area contributed by atoms with Crippen molar-refractivity contribution in [3.63, 3.8) is 0 Å². The predicted molar refractivity (Wildman–Crippen MR) is 88.0 cm³/mol. The maximum atomic E-state index is 12.4. The van der Waals surface area contributed by atoms with Crippen molar-refractivity contribution in [1.82, 2.24) is 19.6 Å². The Labute approximate surface area is 137 Å². The van der Waals surface area contributed by atoms with Gasteiger partial charge in [-0.25, -0.2) is 0 Å². The molecule has 2 saturated heterocycles. The van der Waals surface area contributed by atoms with Crippen LogP contribution in [0, 0.1) is 19.8 Å². The second-order valence-electron chi connectivity index (χ2n) is 6.65. The van der Waals surface area contributed by atoms with Crippen LogP contribution in [0.25, 0.3) is 0 Å². The number of likely N-dealkylation sites (N-methyl/N-ethyl adjacent to an activating group) is 1. The van der Waals surface area contributed by atoms with E-state index in [-0.39, 0.29) is 17.9 Å². The molecule has 3 rings (SSSR count). The zero-order valence-electron chi connectivity index (χ0n) is 14.3. The molecule has 1 aromatic heterocycles. The first-order valence-corrected chi connectivity index (χ1v) is 8.21. The van der Waals surface area contributed by atoms with E-state index in [1.54, 1.807) is 0 Å². The van der Waals surface area contributed by atoms with E-state index in [0.717, 1.165) is 31.9 Å². The van der Waals surface area contributed by atoms with Gasteiger partial charge < -0.3 is 9.64 Å². The zero-order valence-corrected chi connectivity index (χ0v) is 14.3. The molecular weight excluding hydrogens is 292 g/mol. The largest absolute Gasteiger partial charge is 0.378 e. The van der Waals surface area contributed by atoms with E-state index in [1.165, 1.54) is 11.3 Å². The lowest BCUT2D eigenvalue weighted by Crippen LogP contribution is -2.43. The van der Waals surface area contributed by atoms with Crippen molar-refractivity contribution in [2.24, 2.45) is 5.92 Å². The SMILES string of the molecule is C=CCn1nc(C)c(CN2C[C@@H]3COC[C@H](C2)N(C)C3=O)c1C. The molecule has 0 radical (unpaired) electrons. The van der Waals surface area contributed by atoms with E-state index in [9.17, 15) is 4.79 Å². The van der Waals surface area contributed by atoms with Crippen LogP contribution in [0.4, 0.5) is 0 Å². The lowest BCUT2D eigenvalue weighted by Gasteiger charge is -2.29. The van der Waals surface area contributed by atoms with Gasteiger partial charge >= 0.3 is 0 Å². The van der Waals surface area contributed by atoms with Crippen LogP contribution in [0.2, 0.25) is 0 Å². The molecule has 126 valence electrons. The number of aryl methyl sites for hydroxylation is 1. The molecule has 6 nitrogen and oxygen atoms in total. The van der Waals surface area contributed by atoms with E-state index < -0.39 is 0 Å². The maximum absolute atomic E-state index is 12.4. The Kier molecular flexibility index (Phi) is 4.55. The Morgan fingerprint density at radius 1 is 1.35 bits per heavy atom. The molecular formula is C17H26N4O2. The van der Waals surface area contributed by atoms with Crippen molar-refractivity contribution in [1.29, 1.82) is 0 Å². The number of ether oxygens (including phenoxy) is 1. The predicted octanol–water partition coefficient (Wildman–Crippen LogP) is 0.975. The Balaban J connectivity index is 1.81. The number of fused-ring (bicyclic) bond motifs is 3. The number of allylic oxidation sites excluding steroid dienone is 1. The van der Waals surface area contributed by atoms with Gasteiger partial charge in [0.25, 0.3) is 0 Å². The van der Waals surface area contributed by atoms with Crippen LogP contribution in [-0.4, -0.2) is 64.9 Å². The molecule has 0 aliphatic carbocycles. The normalized spacial score (nSPS) is 25.5. The second-order valence-corrected chi connectivity index (χ2v) is 6.65. The third kappa shape index (κ3) is 3.05. The van der Waals surface area contributed by atoms with Crippen LogP contribution in [0.3, 0.4) is 0 Å². The quantitative estimate of drug-likeness (QED) is 0.777. The molecule has 2 bridgehead atoms. The highest BCUT2D eigenvalue weighted by atomic mass is 16.5. The van der Waals surface area contributed by atoms with Crippen molar-refractivity contribution in [3.05, 3.63) is 29.6 Å². The molecule has 1 amide bonds. The molecule has 1 aromatic rings. The van der Waals surface area contributed by atoms with Crippen LogP contribution in [-0.2, 0) is 22.6 Å². The third-order valence-electron chi connectivity index (χ3n) is 5.04. The van der Waals surface area contributed by atoms with E-state index >= 15 is 0 Å². The van der Waals surface area contributed by atoms with Gasteiger partial charge in [-0.05, 0) is 13.8 Å². The number of aromatic nitrogens is 2. The van der Waals surface area contributed by atoms with Crippen LogP contribution in [0.5, 0.6) is 0 Å². The summed E-state index contributed by atoms with van der Waals surface area (Å²) >= 11 is 0. The Morgan fingerprint density at radius 2 is 2.13 bits per heavy atom. The topological polar surface area (TPSA) is 50.6 Å². The molecule has 2 aliphatic rings. The van der Waals surface area contributed by atoms with E-state index in [1.807, 2.05) is 22.7 Å². The summed E-state index contributed by atoms with van der Waals surface area (Å²) in [6, 6.07) is 0.138. The van der Waals surface area contributed by atoms with E-state index in [0.29, 0.717) is 13.2 Å². The minimum Gasteiger partial charge on any atom is -0.378 e. The fraction of sp³-hybridized carbons (Fsp3) is 0.647. The van der Waals surface area contributed by atoms with Crippen molar-refractivity contribution in [3.8, 4) is 0 Å². The van der Waals surface area contributed by atoms with Crippen molar-refractivity contribution in [2.75, 3.05) is 33.4 Å². The maximum Gasteiger partial charge on any atom is 0.229 e. The van der Waals surface area contributed by atoms with Gasteiger partial charge in [-0.15, -0.1) is 6.58 Å². The van der Waals surface area contributed by atoms with E-state index in [4.69, 9.17) is 4.74 Å². The van der Waals surface area contributed by atoms with Crippen LogP contribution in [0.15, 0.2) is 12.7 Å². The monoisotopic (exact) mass is 318 g/mol. The van der Waals surface area contributed by atoms with Crippen LogP contribution in [0.1, 0.15) is 17.0 Å². The average molecular weight is 318 g/mol. The molecule has 2 fully saturated rings. The molecule has 6 heteroatoms. The Morgan fingerprint density at radius 3 is 2.87 bits per heavy atom. The summed E-state index contributed by atoms with van der Waals surface area (Å²) in [6.07, 6.45) is 1.87. The molecule has 0 unspecified atom stereocenters. The van der Waals surface area contributed by atoms with Gasteiger partial charge in [0.15, 0.2) is 0 Å². The molecule has 0 aromatic carbocycles. The van der Waals surface area contributed by atoms with Gasteiger partial charge in [0, 0.05) is 37.9 Å². The number of amides is 1. The summed E-state index contributed by atoms with van der Waals surface area (Å²) in [7, 11) is 1.90. The molecule has 23 heavy (non-hydrogen) atoms. The van der Waals surface area contributed by atoms with Crippen molar-refractivity contribution in [2.45, 2.75) is 33.0 Å². The van der Waals surface area contributed by atoms with Gasteiger partial charge in [0.05, 0.1) is 37.4 Å². The van der Waals surface area contributed by atoms with Gasteiger partial charge in [0.1, 0.15) is 0 Å². The number of hydrogen-bond acceptors (Lipinski definition) is 4. The van der Waals surface area contributed by atoms with Gasteiger partial charge in [-0.1, -0.05) is 6.08 Å². The van der Waals surface area contributed by atoms with Crippen molar-refractivity contribution < 1.29 is 9.53 Å². The summed E-state index contributed by atoms with van der Waals surface area (Å²) < 4.78 is 7.66. The number of carbonyl (C=O) groups excluding carboxylic acids is 1. The summed E-state index contributed by atoms with van der Waals surface area (Å²) in [5.74, 6) is 0.155. The zero-order chi connectivity index (χ0) is 16.6. The molecule has 2 atom stereocenters. The molecule has 0 saturated carbocycles. The van der Waals surface area contributed by atoms with Gasteiger partial charge in [-0.3, -0.25) is 14.4 Å². The summed E-state index contributed by atoms with van der Waals surface area (Å²) in [4.78, 5) is 16.7. The van der Waals surface area contributed by atoms with Crippen LogP contribution >= 0.6 is 0 Å². The minimum absolute atomic E-state index is 0.0590. The second kappa shape index (κ2) is 6.45. The third-order valence-corrected chi connectivity index (χ3v) is 5.04. The lowest BCUT2D eigenvalue weighted by atomic mass is 10.1. The first-order chi connectivity index (χ1) is 11.0.